The number of methoxy groups -OCH3 is 1. The standard InChI is InChI=1S/C10H12Br2O/c1-7(11)10(12)8-3-5-9(13-2)6-4-8/h3-7,10H,1-2H3/t7-,10-/m1/s1. The zero-order chi connectivity index (χ0) is 9.84. The lowest BCUT2D eigenvalue weighted by Gasteiger charge is -2.12. The number of hydrogen-bond acceptors (Lipinski definition) is 1. The van der Waals surface area contributed by atoms with E-state index in [0.29, 0.717) is 9.65 Å². The third-order valence-electron chi connectivity index (χ3n) is 1.84. The van der Waals surface area contributed by atoms with Crippen molar-refractivity contribution in [1.82, 2.24) is 0 Å². The van der Waals surface area contributed by atoms with Gasteiger partial charge in [0.25, 0.3) is 0 Å². The molecule has 0 bridgehead atoms. The van der Waals surface area contributed by atoms with Crippen LogP contribution < -0.4 is 4.74 Å². The molecule has 0 aromatic heterocycles. The van der Waals surface area contributed by atoms with Gasteiger partial charge in [-0.1, -0.05) is 50.9 Å². The Kier molecular flexibility index (Phi) is 4.26. The predicted octanol–water partition coefficient (Wildman–Crippen LogP) is 3.91. The van der Waals surface area contributed by atoms with Crippen LogP contribution in [0.3, 0.4) is 0 Å². The molecule has 0 heterocycles. The Balaban J connectivity index is 2.79. The first-order valence-electron chi connectivity index (χ1n) is 4.07. The third-order valence-corrected chi connectivity index (χ3v) is 4.40. The number of benzene rings is 1. The van der Waals surface area contributed by atoms with Gasteiger partial charge in [-0.25, -0.2) is 0 Å². The Morgan fingerprint density at radius 2 is 1.69 bits per heavy atom. The minimum Gasteiger partial charge on any atom is -0.497 e. The molecule has 0 amide bonds. The van der Waals surface area contributed by atoms with Crippen LogP contribution in [0.15, 0.2) is 24.3 Å². The first kappa shape index (κ1) is 11.1. The second-order valence-electron chi connectivity index (χ2n) is 2.85. The Labute approximate surface area is 95.7 Å². The van der Waals surface area contributed by atoms with Crippen molar-refractivity contribution in [1.29, 1.82) is 0 Å². The van der Waals surface area contributed by atoms with Crippen LogP contribution in [-0.2, 0) is 0 Å². The molecule has 0 saturated carbocycles. The average Bonchev–Trinajstić information content (AvgIpc) is 2.17. The van der Waals surface area contributed by atoms with Crippen LogP contribution in [0.2, 0.25) is 0 Å². The summed E-state index contributed by atoms with van der Waals surface area (Å²) in [4.78, 5) is 0.763. The van der Waals surface area contributed by atoms with Crippen LogP contribution >= 0.6 is 31.9 Å². The number of rotatable bonds is 3. The summed E-state index contributed by atoms with van der Waals surface area (Å²) in [5.74, 6) is 0.894. The molecule has 3 heteroatoms. The molecule has 0 fully saturated rings. The largest absolute Gasteiger partial charge is 0.497 e. The molecule has 0 aliphatic heterocycles. The summed E-state index contributed by atoms with van der Waals surface area (Å²) in [5.41, 5.74) is 1.25. The van der Waals surface area contributed by atoms with E-state index in [1.807, 2.05) is 12.1 Å². The average molecular weight is 308 g/mol. The molecule has 0 spiro atoms. The molecule has 0 unspecified atom stereocenters. The molecule has 72 valence electrons. The van der Waals surface area contributed by atoms with Gasteiger partial charge in [-0.3, -0.25) is 0 Å². The van der Waals surface area contributed by atoms with Crippen LogP contribution in [0.1, 0.15) is 17.3 Å². The van der Waals surface area contributed by atoms with Crippen molar-refractivity contribution in [2.24, 2.45) is 0 Å². The maximum absolute atomic E-state index is 5.08. The van der Waals surface area contributed by atoms with Gasteiger partial charge in [-0.15, -0.1) is 0 Å². The van der Waals surface area contributed by atoms with Crippen molar-refractivity contribution in [3.05, 3.63) is 29.8 Å². The summed E-state index contributed by atoms with van der Waals surface area (Å²) in [7, 11) is 1.67. The van der Waals surface area contributed by atoms with Gasteiger partial charge in [0.05, 0.1) is 11.9 Å². The Morgan fingerprint density at radius 3 is 2.08 bits per heavy atom. The molecule has 0 N–H and O–H groups in total. The van der Waals surface area contributed by atoms with Crippen molar-refractivity contribution in [2.45, 2.75) is 16.6 Å². The van der Waals surface area contributed by atoms with Crippen molar-refractivity contribution in [3.63, 3.8) is 0 Å². The highest BCUT2D eigenvalue weighted by Crippen LogP contribution is 2.31. The van der Waals surface area contributed by atoms with E-state index in [1.54, 1.807) is 7.11 Å². The number of halogens is 2. The van der Waals surface area contributed by atoms with E-state index < -0.39 is 0 Å². The number of ether oxygens (including phenoxy) is 1. The van der Waals surface area contributed by atoms with Crippen LogP contribution in [0.4, 0.5) is 0 Å². The zero-order valence-electron chi connectivity index (χ0n) is 7.63. The van der Waals surface area contributed by atoms with Gasteiger partial charge in [-0.05, 0) is 17.7 Å². The molecular formula is C10H12Br2O. The molecule has 0 saturated heterocycles. The van der Waals surface area contributed by atoms with E-state index in [-0.39, 0.29) is 0 Å². The second kappa shape index (κ2) is 5.01. The number of alkyl halides is 2. The maximum atomic E-state index is 5.08. The zero-order valence-corrected chi connectivity index (χ0v) is 10.8. The van der Waals surface area contributed by atoms with E-state index >= 15 is 0 Å². The Hall–Kier alpha value is -0.0200. The fourth-order valence-electron chi connectivity index (χ4n) is 1.05. The van der Waals surface area contributed by atoms with Crippen LogP contribution in [-0.4, -0.2) is 11.9 Å². The molecule has 0 aliphatic rings. The fourth-order valence-corrected chi connectivity index (χ4v) is 1.66. The molecule has 0 radical (unpaired) electrons. The monoisotopic (exact) mass is 306 g/mol. The lowest BCUT2D eigenvalue weighted by atomic mass is 10.1. The normalized spacial score (nSPS) is 15.1. The van der Waals surface area contributed by atoms with Crippen molar-refractivity contribution < 1.29 is 4.74 Å². The summed E-state index contributed by atoms with van der Waals surface area (Å²) in [6.45, 7) is 2.11. The number of hydrogen-bond donors (Lipinski definition) is 0. The third kappa shape index (κ3) is 2.99. The van der Waals surface area contributed by atoms with Crippen LogP contribution in [0, 0.1) is 0 Å². The van der Waals surface area contributed by atoms with Gasteiger partial charge in [0, 0.05) is 4.83 Å². The lowest BCUT2D eigenvalue weighted by Crippen LogP contribution is -2.00. The smallest absolute Gasteiger partial charge is 0.118 e. The summed E-state index contributed by atoms with van der Waals surface area (Å²) in [5, 5.41) is 0. The minimum absolute atomic E-state index is 0.346. The van der Waals surface area contributed by atoms with Crippen molar-refractivity contribution >= 4 is 31.9 Å². The highest BCUT2D eigenvalue weighted by atomic mass is 79.9. The van der Waals surface area contributed by atoms with E-state index in [4.69, 9.17) is 4.74 Å². The fraction of sp³-hybridized carbons (Fsp3) is 0.400. The van der Waals surface area contributed by atoms with Crippen molar-refractivity contribution in [3.8, 4) is 5.75 Å². The topological polar surface area (TPSA) is 9.23 Å². The van der Waals surface area contributed by atoms with Gasteiger partial charge in [0.1, 0.15) is 5.75 Å². The molecular weight excluding hydrogens is 296 g/mol. The summed E-state index contributed by atoms with van der Waals surface area (Å²) >= 11 is 7.14. The van der Waals surface area contributed by atoms with Gasteiger partial charge in [-0.2, -0.15) is 0 Å². The predicted molar refractivity (Wildman–Crippen MR) is 63.1 cm³/mol. The molecule has 1 aromatic carbocycles. The highest BCUT2D eigenvalue weighted by molar-refractivity contribution is 9.12. The van der Waals surface area contributed by atoms with Crippen LogP contribution in [0.5, 0.6) is 5.75 Å². The lowest BCUT2D eigenvalue weighted by molar-refractivity contribution is 0.414. The van der Waals surface area contributed by atoms with Gasteiger partial charge >= 0.3 is 0 Å². The van der Waals surface area contributed by atoms with E-state index in [2.05, 4.69) is 50.9 Å². The Morgan fingerprint density at radius 1 is 1.15 bits per heavy atom. The summed E-state index contributed by atoms with van der Waals surface area (Å²) in [6.07, 6.45) is 0. The van der Waals surface area contributed by atoms with Gasteiger partial charge in [0.15, 0.2) is 0 Å². The quantitative estimate of drug-likeness (QED) is 0.769. The first-order chi connectivity index (χ1) is 6.15. The minimum atomic E-state index is 0.346. The van der Waals surface area contributed by atoms with Gasteiger partial charge in [0.2, 0.25) is 0 Å². The highest BCUT2D eigenvalue weighted by Gasteiger charge is 2.12. The van der Waals surface area contributed by atoms with Crippen molar-refractivity contribution in [2.75, 3.05) is 7.11 Å². The summed E-state index contributed by atoms with van der Waals surface area (Å²) in [6, 6.07) is 8.07. The Bertz CT molecular complexity index is 256. The van der Waals surface area contributed by atoms with Gasteiger partial charge < -0.3 is 4.74 Å². The molecule has 0 aliphatic carbocycles. The van der Waals surface area contributed by atoms with E-state index in [1.165, 1.54) is 5.56 Å². The van der Waals surface area contributed by atoms with Crippen LogP contribution in [0.25, 0.3) is 0 Å². The molecule has 1 rings (SSSR count). The molecule has 1 aromatic rings. The summed E-state index contributed by atoms with van der Waals surface area (Å²) < 4.78 is 5.08. The first-order valence-corrected chi connectivity index (χ1v) is 5.90. The molecule has 1 nitrogen and oxygen atoms in total. The SMILES string of the molecule is COc1ccc([C@H](Br)[C@@H](C)Br)cc1. The maximum Gasteiger partial charge on any atom is 0.118 e. The van der Waals surface area contributed by atoms with E-state index in [9.17, 15) is 0 Å². The second-order valence-corrected chi connectivity index (χ2v) is 5.28. The molecule has 2 atom stereocenters. The molecule has 13 heavy (non-hydrogen) atoms. The van der Waals surface area contributed by atoms with E-state index in [0.717, 1.165) is 5.75 Å².